The predicted molar refractivity (Wildman–Crippen MR) is 82.9 cm³/mol. The van der Waals surface area contributed by atoms with Crippen LogP contribution in [0.1, 0.15) is 32.5 Å². The third-order valence-electron chi connectivity index (χ3n) is 2.42. The summed E-state index contributed by atoms with van der Waals surface area (Å²) in [6.45, 7) is 8.00. The number of fused-ring (bicyclic) bond motifs is 1. The standard InChI is InChI=1S/C11H7ClF3NO2.2C2H6/c1-18-9-5-6(12)4-8-7(9)2-3-16(8)10(17)11(13,14)15;2*1-2/h2-5H,1H3;2*1-2H3. The number of alkyl halides is 3. The maximum atomic E-state index is 12.4. The number of rotatable bonds is 1. The van der Waals surface area contributed by atoms with Crippen LogP contribution in [0.3, 0.4) is 0 Å². The first-order valence-corrected chi connectivity index (χ1v) is 7.18. The fourth-order valence-corrected chi connectivity index (χ4v) is 1.86. The number of methoxy groups -OCH3 is 1. The molecule has 0 unspecified atom stereocenters. The van der Waals surface area contributed by atoms with Gasteiger partial charge in [-0.2, -0.15) is 13.2 Å². The maximum Gasteiger partial charge on any atom is 0.472 e. The van der Waals surface area contributed by atoms with E-state index in [-0.39, 0.29) is 10.5 Å². The van der Waals surface area contributed by atoms with E-state index < -0.39 is 12.1 Å². The molecule has 0 saturated carbocycles. The van der Waals surface area contributed by atoms with Crippen LogP contribution in [-0.4, -0.2) is 23.8 Å². The van der Waals surface area contributed by atoms with Crippen LogP contribution >= 0.6 is 11.6 Å². The highest BCUT2D eigenvalue weighted by Crippen LogP contribution is 2.32. The first-order valence-electron chi connectivity index (χ1n) is 6.80. The number of carbonyl (C=O) groups is 1. The normalized spacial score (nSPS) is 10.2. The molecular formula is C15H19ClF3NO2. The molecule has 0 spiro atoms. The molecule has 0 bridgehead atoms. The molecule has 2 aromatic rings. The Bertz CT molecular complexity index is 621. The van der Waals surface area contributed by atoms with Gasteiger partial charge in [0.25, 0.3) is 0 Å². The maximum absolute atomic E-state index is 12.4. The molecule has 3 nitrogen and oxygen atoms in total. The number of aromatic nitrogens is 1. The predicted octanol–water partition coefficient (Wildman–Crippen LogP) is 5.56. The fourth-order valence-electron chi connectivity index (χ4n) is 1.66. The Morgan fingerprint density at radius 1 is 1.18 bits per heavy atom. The van der Waals surface area contributed by atoms with Crippen molar-refractivity contribution in [2.45, 2.75) is 33.9 Å². The number of hydrogen-bond acceptors (Lipinski definition) is 2. The van der Waals surface area contributed by atoms with Gasteiger partial charge in [0, 0.05) is 16.6 Å². The lowest BCUT2D eigenvalue weighted by atomic mass is 10.2. The van der Waals surface area contributed by atoms with Crippen molar-refractivity contribution in [2.24, 2.45) is 0 Å². The van der Waals surface area contributed by atoms with E-state index in [1.54, 1.807) is 0 Å². The molecule has 0 radical (unpaired) electrons. The third-order valence-corrected chi connectivity index (χ3v) is 2.63. The van der Waals surface area contributed by atoms with Crippen molar-refractivity contribution in [3.05, 3.63) is 29.4 Å². The number of nitrogens with zero attached hydrogens (tertiary/aromatic N) is 1. The minimum atomic E-state index is -4.94. The van der Waals surface area contributed by atoms with Crippen molar-refractivity contribution >= 4 is 28.4 Å². The molecule has 0 fully saturated rings. The van der Waals surface area contributed by atoms with Crippen molar-refractivity contribution < 1.29 is 22.7 Å². The molecule has 0 N–H and O–H groups in total. The summed E-state index contributed by atoms with van der Waals surface area (Å²) in [7, 11) is 1.37. The summed E-state index contributed by atoms with van der Waals surface area (Å²) in [5.74, 6) is -1.66. The highest BCUT2D eigenvalue weighted by atomic mass is 35.5. The molecular weight excluding hydrogens is 319 g/mol. The van der Waals surface area contributed by atoms with Gasteiger partial charge in [-0.05, 0) is 18.2 Å². The summed E-state index contributed by atoms with van der Waals surface area (Å²) in [6, 6.07) is 4.11. The lowest BCUT2D eigenvalue weighted by Crippen LogP contribution is -2.28. The number of hydrogen-bond donors (Lipinski definition) is 0. The van der Waals surface area contributed by atoms with Gasteiger partial charge in [0.1, 0.15) is 5.75 Å². The lowest BCUT2D eigenvalue weighted by Gasteiger charge is -2.08. The molecule has 0 amide bonds. The molecule has 0 atom stereocenters. The van der Waals surface area contributed by atoms with E-state index in [1.807, 2.05) is 27.7 Å². The Kier molecular flexibility index (Phi) is 8.01. The SMILES string of the molecule is CC.CC.COc1cc(Cl)cc2c1ccn2C(=O)C(F)(F)F. The molecule has 1 aromatic carbocycles. The van der Waals surface area contributed by atoms with Crippen LogP contribution in [0.15, 0.2) is 24.4 Å². The topological polar surface area (TPSA) is 31.2 Å². The van der Waals surface area contributed by atoms with Crippen molar-refractivity contribution in [3.63, 3.8) is 0 Å². The van der Waals surface area contributed by atoms with Crippen LogP contribution < -0.4 is 4.74 Å². The summed E-state index contributed by atoms with van der Waals surface area (Å²) >= 11 is 5.76. The lowest BCUT2D eigenvalue weighted by molar-refractivity contribution is -0.0942. The quantitative estimate of drug-likeness (QED) is 0.682. The Morgan fingerprint density at radius 3 is 2.18 bits per heavy atom. The van der Waals surface area contributed by atoms with Crippen LogP contribution in [-0.2, 0) is 0 Å². The van der Waals surface area contributed by atoms with Crippen molar-refractivity contribution in [3.8, 4) is 5.75 Å². The second kappa shape index (κ2) is 8.68. The van der Waals surface area contributed by atoms with E-state index in [2.05, 4.69) is 0 Å². The Balaban J connectivity index is 0.00000102. The van der Waals surface area contributed by atoms with E-state index in [9.17, 15) is 18.0 Å². The van der Waals surface area contributed by atoms with Gasteiger partial charge in [-0.1, -0.05) is 39.3 Å². The average Bonchev–Trinajstić information content (AvgIpc) is 2.92. The molecule has 0 aliphatic heterocycles. The van der Waals surface area contributed by atoms with E-state index in [1.165, 1.54) is 25.3 Å². The van der Waals surface area contributed by atoms with Gasteiger partial charge in [-0.15, -0.1) is 0 Å². The summed E-state index contributed by atoms with van der Waals surface area (Å²) in [4.78, 5) is 11.2. The van der Waals surface area contributed by atoms with Crippen molar-refractivity contribution in [1.82, 2.24) is 4.57 Å². The number of halogens is 4. The minimum absolute atomic E-state index is 0.0571. The van der Waals surface area contributed by atoms with Gasteiger partial charge in [0.15, 0.2) is 0 Å². The van der Waals surface area contributed by atoms with Gasteiger partial charge in [0.05, 0.1) is 12.6 Å². The summed E-state index contributed by atoms with van der Waals surface area (Å²) < 4.78 is 42.7. The van der Waals surface area contributed by atoms with Crippen molar-refractivity contribution in [1.29, 1.82) is 0 Å². The molecule has 22 heavy (non-hydrogen) atoms. The van der Waals surface area contributed by atoms with Crippen LogP contribution in [0.5, 0.6) is 5.75 Å². The molecule has 124 valence electrons. The Morgan fingerprint density at radius 2 is 1.73 bits per heavy atom. The Hall–Kier alpha value is -1.69. The van der Waals surface area contributed by atoms with E-state index in [0.717, 1.165) is 6.20 Å². The first-order chi connectivity index (χ1) is 10.3. The zero-order chi connectivity index (χ0) is 17.5. The molecule has 2 rings (SSSR count). The van der Waals surface area contributed by atoms with E-state index in [0.29, 0.717) is 15.7 Å². The number of carbonyl (C=O) groups excluding carboxylic acids is 1. The average molecular weight is 338 g/mol. The van der Waals surface area contributed by atoms with Crippen LogP contribution in [0.4, 0.5) is 13.2 Å². The fraction of sp³-hybridized carbons (Fsp3) is 0.400. The Labute approximate surface area is 132 Å². The van der Waals surface area contributed by atoms with Gasteiger partial charge < -0.3 is 4.74 Å². The smallest absolute Gasteiger partial charge is 0.472 e. The molecule has 7 heteroatoms. The van der Waals surface area contributed by atoms with Crippen LogP contribution in [0.25, 0.3) is 10.9 Å². The zero-order valence-corrected chi connectivity index (χ0v) is 13.8. The molecule has 1 heterocycles. The van der Waals surface area contributed by atoms with Gasteiger partial charge in [-0.25, -0.2) is 0 Å². The monoisotopic (exact) mass is 337 g/mol. The number of benzene rings is 1. The highest BCUT2D eigenvalue weighted by molar-refractivity contribution is 6.31. The molecule has 1 aromatic heterocycles. The molecule has 0 aliphatic rings. The second-order valence-corrected chi connectivity index (χ2v) is 3.97. The third kappa shape index (κ3) is 4.40. The summed E-state index contributed by atoms with van der Waals surface area (Å²) in [6.07, 6.45) is -3.90. The van der Waals surface area contributed by atoms with Gasteiger partial charge in [0.2, 0.25) is 0 Å². The molecule has 0 aliphatic carbocycles. The van der Waals surface area contributed by atoms with E-state index in [4.69, 9.17) is 16.3 Å². The summed E-state index contributed by atoms with van der Waals surface area (Å²) in [5.41, 5.74) is 0.0571. The van der Waals surface area contributed by atoms with Gasteiger partial charge >= 0.3 is 12.1 Å². The van der Waals surface area contributed by atoms with E-state index >= 15 is 0 Å². The van der Waals surface area contributed by atoms with Crippen LogP contribution in [0.2, 0.25) is 5.02 Å². The van der Waals surface area contributed by atoms with Gasteiger partial charge in [-0.3, -0.25) is 9.36 Å². The second-order valence-electron chi connectivity index (χ2n) is 3.53. The van der Waals surface area contributed by atoms with Crippen LogP contribution in [0, 0.1) is 0 Å². The van der Waals surface area contributed by atoms with Crippen molar-refractivity contribution in [2.75, 3.05) is 7.11 Å². The largest absolute Gasteiger partial charge is 0.496 e. The summed E-state index contributed by atoms with van der Waals surface area (Å²) in [5, 5.41) is 0.578. The highest BCUT2D eigenvalue weighted by Gasteiger charge is 2.40. The zero-order valence-electron chi connectivity index (χ0n) is 13.1. The molecule has 0 saturated heterocycles. The first kappa shape index (κ1) is 20.3. The number of ether oxygens (including phenoxy) is 1. The minimum Gasteiger partial charge on any atom is -0.496 e.